The highest BCUT2D eigenvalue weighted by Crippen LogP contribution is 2.24. The van der Waals surface area contributed by atoms with Gasteiger partial charge in [0.15, 0.2) is 0 Å². The normalized spacial score (nSPS) is 9.91. The zero-order chi connectivity index (χ0) is 16.1. The van der Waals surface area contributed by atoms with Gasteiger partial charge in [0.2, 0.25) is 0 Å². The molecule has 0 aliphatic heterocycles. The molecule has 8 heteroatoms. The topological polar surface area (TPSA) is 84.5 Å². The highest BCUT2D eigenvalue weighted by Gasteiger charge is 2.18. The fourth-order valence-electron chi connectivity index (χ4n) is 1.60. The van der Waals surface area contributed by atoms with Crippen molar-refractivity contribution in [2.24, 2.45) is 0 Å². The first-order chi connectivity index (χ1) is 10.5. The van der Waals surface area contributed by atoms with Crippen LogP contribution in [0.4, 0.5) is 9.80 Å². The standard InChI is InChI=1S/C14H11BrN2O4S/c1-21-14(20)17-12(19)10-5-6-22-13(10)16-11(18)8-3-2-4-9(15)7-8/h2-7H,1H3,(H,16,18)(H,17,19,20). The summed E-state index contributed by atoms with van der Waals surface area (Å²) in [7, 11) is 1.16. The second-order valence-electron chi connectivity index (χ2n) is 4.07. The van der Waals surface area contributed by atoms with Crippen LogP contribution in [-0.2, 0) is 4.74 Å². The number of halogens is 1. The van der Waals surface area contributed by atoms with Crippen LogP contribution in [0, 0.1) is 0 Å². The Morgan fingerprint density at radius 1 is 1.18 bits per heavy atom. The Labute approximate surface area is 138 Å². The molecule has 1 heterocycles. The minimum Gasteiger partial charge on any atom is -0.453 e. The Kier molecular flexibility index (Phi) is 5.29. The van der Waals surface area contributed by atoms with Crippen LogP contribution in [0.15, 0.2) is 40.2 Å². The van der Waals surface area contributed by atoms with Crippen LogP contribution in [0.2, 0.25) is 0 Å². The van der Waals surface area contributed by atoms with Crippen LogP contribution in [-0.4, -0.2) is 25.0 Å². The van der Waals surface area contributed by atoms with E-state index in [1.54, 1.807) is 29.6 Å². The van der Waals surface area contributed by atoms with E-state index in [4.69, 9.17) is 0 Å². The summed E-state index contributed by atoms with van der Waals surface area (Å²) in [5, 5.41) is 6.69. The molecule has 3 amide bonds. The zero-order valence-corrected chi connectivity index (χ0v) is 13.8. The lowest BCUT2D eigenvalue weighted by Gasteiger charge is -2.06. The molecular weight excluding hydrogens is 372 g/mol. The highest BCUT2D eigenvalue weighted by atomic mass is 79.9. The molecule has 0 spiro atoms. The number of imide groups is 1. The van der Waals surface area contributed by atoms with E-state index in [2.05, 4.69) is 26.0 Å². The number of carbonyl (C=O) groups excluding carboxylic acids is 3. The number of benzene rings is 1. The van der Waals surface area contributed by atoms with Crippen LogP contribution < -0.4 is 10.6 Å². The summed E-state index contributed by atoms with van der Waals surface area (Å²) >= 11 is 4.47. The van der Waals surface area contributed by atoms with E-state index in [1.807, 2.05) is 5.32 Å². The molecule has 0 saturated heterocycles. The number of hydrogen-bond acceptors (Lipinski definition) is 5. The third-order valence-corrected chi connectivity index (χ3v) is 3.95. The first-order valence-corrected chi connectivity index (χ1v) is 7.72. The zero-order valence-electron chi connectivity index (χ0n) is 11.4. The number of thiophene rings is 1. The van der Waals surface area contributed by atoms with E-state index in [-0.39, 0.29) is 11.5 Å². The minimum atomic E-state index is -0.861. The van der Waals surface area contributed by atoms with E-state index in [0.29, 0.717) is 10.6 Å². The van der Waals surface area contributed by atoms with E-state index in [9.17, 15) is 14.4 Å². The molecule has 2 N–H and O–H groups in total. The summed E-state index contributed by atoms with van der Waals surface area (Å²) in [5.74, 6) is -0.992. The lowest BCUT2D eigenvalue weighted by atomic mass is 10.2. The Morgan fingerprint density at radius 3 is 2.64 bits per heavy atom. The van der Waals surface area contributed by atoms with Crippen molar-refractivity contribution < 1.29 is 19.1 Å². The van der Waals surface area contributed by atoms with Crippen LogP contribution in [0.25, 0.3) is 0 Å². The quantitative estimate of drug-likeness (QED) is 0.852. The summed E-state index contributed by atoms with van der Waals surface area (Å²) in [6.45, 7) is 0. The van der Waals surface area contributed by atoms with Crippen LogP contribution >= 0.6 is 27.3 Å². The molecule has 0 unspecified atom stereocenters. The van der Waals surface area contributed by atoms with E-state index in [0.717, 1.165) is 11.6 Å². The van der Waals surface area contributed by atoms with Gasteiger partial charge in [-0.3, -0.25) is 14.9 Å². The third-order valence-electron chi connectivity index (χ3n) is 2.62. The van der Waals surface area contributed by atoms with Crippen molar-refractivity contribution in [3.63, 3.8) is 0 Å². The molecule has 1 aromatic carbocycles. The summed E-state index contributed by atoms with van der Waals surface area (Å²) in [6, 6.07) is 8.37. The molecule has 0 aliphatic rings. The molecule has 0 aliphatic carbocycles. The van der Waals surface area contributed by atoms with E-state index >= 15 is 0 Å². The maximum Gasteiger partial charge on any atom is 0.413 e. The maximum atomic E-state index is 12.2. The van der Waals surface area contributed by atoms with E-state index < -0.39 is 12.0 Å². The first kappa shape index (κ1) is 16.2. The highest BCUT2D eigenvalue weighted by molar-refractivity contribution is 9.10. The largest absolute Gasteiger partial charge is 0.453 e. The van der Waals surface area contributed by atoms with Crippen LogP contribution in [0.3, 0.4) is 0 Å². The van der Waals surface area contributed by atoms with Gasteiger partial charge >= 0.3 is 6.09 Å². The lowest BCUT2D eigenvalue weighted by molar-refractivity contribution is 0.0938. The van der Waals surface area contributed by atoms with Gasteiger partial charge in [0.1, 0.15) is 5.00 Å². The number of amides is 3. The Bertz CT molecular complexity index is 729. The Hall–Kier alpha value is -2.19. The SMILES string of the molecule is COC(=O)NC(=O)c1ccsc1NC(=O)c1cccc(Br)c1. The molecule has 0 saturated carbocycles. The molecule has 22 heavy (non-hydrogen) atoms. The smallest absolute Gasteiger partial charge is 0.413 e. The number of hydrogen-bond donors (Lipinski definition) is 2. The molecule has 2 rings (SSSR count). The number of methoxy groups -OCH3 is 1. The second kappa shape index (κ2) is 7.19. The number of rotatable bonds is 3. The molecule has 114 valence electrons. The Balaban J connectivity index is 2.14. The average molecular weight is 383 g/mol. The van der Waals surface area contributed by atoms with Crippen molar-refractivity contribution in [1.82, 2.24) is 5.32 Å². The van der Waals surface area contributed by atoms with Gasteiger partial charge in [-0.1, -0.05) is 22.0 Å². The fourth-order valence-corrected chi connectivity index (χ4v) is 2.78. The number of carbonyl (C=O) groups is 3. The van der Waals surface area contributed by atoms with Gasteiger partial charge in [-0.05, 0) is 29.6 Å². The van der Waals surface area contributed by atoms with Crippen molar-refractivity contribution in [3.8, 4) is 0 Å². The Morgan fingerprint density at radius 2 is 1.95 bits per heavy atom. The van der Waals surface area contributed by atoms with Crippen LogP contribution in [0.1, 0.15) is 20.7 Å². The molecule has 0 fully saturated rings. The molecule has 0 atom stereocenters. The molecular formula is C14H11BrN2O4S. The third kappa shape index (κ3) is 3.92. The first-order valence-electron chi connectivity index (χ1n) is 6.05. The monoisotopic (exact) mass is 382 g/mol. The number of alkyl carbamates (subject to hydrolysis) is 1. The van der Waals surface area contributed by atoms with Crippen molar-refractivity contribution in [2.45, 2.75) is 0 Å². The predicted octanol–water partition coefficient (Wildman–Crippen LogP) is 3.26. The number of nitrogens with one attached hydrogen (secondary N) is 2. The summed E-state index contributed by atoms with van der Waals surface area (Å²) in [6.07, 6.45) is -0.861. The lowest BCUT2D eigenvalue weighted by Crippen LogP contribution is -2.30. The number of ether oxygens (including phenoxy) is 1. The molecule has 0 radical (unpaired) electrons. The van der Waals surface area contributed by atoms with Crippen molar-refractivity contribution in [1.29, 1.82) is 0 Å². The summed E-state index contributed by atoms with van der Waals surface area (Å²) < 4.78 is 5.14. The number of anilines is 1. The molecule has 6 nitrogen and oxygen atoms in total. The minimum absolute atomic E-state index is 0.193. The maximum absolute atomic E-state index is 12.2. The van der Waals surface area contributed by atoms with Crippen LogP contribution in [0.5, 0.6) is 0 Å². The molecule has 2 aromatic rings. The van der Waals surface area contributed by atoms with Gasteiger partial charge in [-0.2, -0.15) is 0 Å². The van der Waals surface area contributed by atoms with Gasteiger partial charge in [0.05, 0.1) is 12.7 Å². The van der Waals surface area contributed by atoms with Gasteiger partial charge in [0, 0.05) is 10.0 Å². The van der Waals surface area contributed by atoms with Gasteiger partial charge < -0.3 is 10.1 Å². The average Bonchev–Trinajstić information content (AvgIpc) is 2.95. The summed E-state index contributed by atoms with van der Waals surface area (Å²) in [4.78, 5) is 35.1. The van der Waals surface area contributed by atoms with E-state index in [1.165, 1.54) is 17.4 Å². The summed E-state index contributed by atoms with van der Waals surface area (Å²) in [5.41, 5.74) is 0.640. The van der Waals surface area contributed by atoms with Gasteiger partial charge in [-0.25, -0.2) is 4.79 Å². The van der Waals surface area contributed by atoms with Gasteiger partial charge in [-0.15, -0.1) is 11.3 Å². The van der Waals surface area contributed by atoms with Crippen molar-refractivity contribution >= 4 is 50.2 Å². The molecule has 0 bridgehead atoms. The predicted molar refractivity (Wildman–Crippen MR) is 86.3 cm³/mol. The van der Waals surface area contributed by atoms with Crippen molar-refractivity contribution in [3.05, 3.63) is 51.3 Å². The van der Waals surface area contributed by atoms with Gasteiger partial charge in [0.25, 0.3) is 11.8 Å². The molecule has 1 aromatic heterocycles. The fraction of sp³-hybridized carbons (Fsp3) is 0.0714. The van der Waals surface area contributed by atoms with Crippen molar-refractivity contribution in [2.75, 3.05) is 12.4 Å². The second-order valence-corrected chi connectivity index (χ2v) is 5.91.